The van der Waals surface area contributed by atoms with Crippen LogP contribution < -0.4 is 0 Å². The smallest absolute Gasteiger partial charge is 0.0936 e. The first-order valence-electron chi connectivity index (χ1n) is 7.83. The molecule has 5 heteroatoms. The number of rotatable bonds is 5. The van der Waals surface area contributed by atoms with Gasteiger partial charge in [-0.3, -0.25) is 4.98 Å². The van der Waals surface area contributed by atoms with Crippen molar-refractivity contribution in [1.82, 2.24) is 9.88 Å². The molecule has 1 unspecified atom stereocenters. The van der Waals surface area contributed by atoms with Crippen LogP contribution in [0.25, 0.3) is 0 Å². The highest BCUT2D eigenvalue weighted by Crippen LogP contribution is 2.16. The molecule has 116 valence electrons. The monoisotopic (exact) mass is 292 g/mol. The summed E-state index contributed by atoms with van der Waals surface area (Å²) in [5, 5.41) is 0. The van der Waals surface area contributed by atoms with E-state index in [0.29, 0.717) is 12.7 Å². The third kappa shape index (κ3) is 4.74. The van der Waals surface area contributed by atoms with Crippen LogP contribution >= 0.6 is 0 Å². The van der Waals surface area contributed by atoms with E-state index in [4.69, 9.17) is 14.2 Å². The fraction of sp³-hybridized carbons (Fsp3) is 0.688. The first-order chi connectivity index (χ1) is 10.4. The summed E-state index contributed by atoms with van der Waals surface area (Å²) < 4.78 is 17.1. The zero-order valence-electron chi connectivity index (χ0n) is 12.4. The number of hydrogen-bond donors (Lipinski definition) is 0. The molecule has 1 aromatic rings. The van der Waals surface area contributed by atoms with Crippen LogP contribution in [-0.4, -0.2) is 61.5 Å². The van der Waals surface area contributed by atoms with E-state index in [9.17, 15) is 0 Å². The lowest BCUT2D eigenvalue weighted by atomic mass is 10.1. The van der Waals surface area contributed by atoms with Gasteiger partial charge in [-0.2, -0.15) is 0 Å². The SMILES string of the molecule is c1ccc(COC2CCN(CC3COCCO3)CC2)nc1. The van der Waals surface area contributed by atoms with Gasteiger partial charge >= 0.3 is 0 Å². The van der Waals surface area contributed by atoms with Crippen LogP contribution in [0.15, 0.2) is 24.4 Å². The lowest BCUT2D eigenvalue weighted by Gasteiger charge is -2.35. The maximum Gasteiger partial charge on any atom is 0.0936 e. The van der Waals surface area contributed by atoms with E-state index >= 15 is 0 Å². The molecule has 0 aliphatic carbocycles. The molecule has 3 heterocycles. The van der Waals surface area contributed by atoms with Crippen molar-refractivity contribution in [1.29, 1.82) is 0 Å². The van der Waals surface area contributed by atoms with Crippen molar-refractivity contribution in [3.63, 3.8) is 0 Å². The summed E-state index contributed by atoms with van der Waals surface area (Å²) in [6.07, 6.45) is 4.57. The molecule has 5 nitrogen and oxygen atoms in total. The summed E-state index contributed by atoms with van der Waals surface area (Å²) in [5.74, 6) is 0. The first kappa shape index (κ1) is 14.9. The van der Waals surface area contributed by atoms with Crippen molar-refractivity contribution in [2.75, 3.05) is 39.5 Å². The topological polar surface area (TPSA) is 43.8 Å². The Labute approximate surface area is 126 Å². The average Bonchev–Trinajstić information content (AvgIpc) is 2.56. The number of likely N-dealkylation sites (tertiary alicyclic amines) is 1. The highest BCUT2D eigenvalue weighted by molar-refractivity contribution is 5.02. The van der Waals surface area contributed by atoms with Crippen LogP contribution in [0.3, 0.4) is 0 Å². The first-order valence-corrected chi connectivity index (χ1v) is 7.83. The van der Waals surface area contributed by atoms with Crippen LogP contribution in [0.4, 0.5) is 0 Å². The summed E-state index contributed by atoms with van der Waals surface area (Å²) in [4.78, 5) is 6.75. The molecule has 2 aliphatic heterocycles. The van der Waals surface area contributed by atoms with Crippen molar-refractivity contribution in [3.05, 3.63) is 30.1 Å². The molecule has 2 aliphatic rings. The molecule has 0 aromatic carbocycles. The summed E-state index contributed by atoms with van der Waals surface area (Å²) in [5.41, 5.74) is 1.01. The molecular formula is C16H24N2O3. The normalized spacial score (nSPS) is 25.0. The summed E-state index contributed by atoms with van der Waals surface area (Å²) >= 11 is 0. The van der Waals surface area contributed by atoms with Crippen LogP contribution in [0.2, 0.25) is 0 Å². The zero-order chi connectivity index (χ0) is 14.3. The van der Waals surface area contributed by atoms with E-state index in [1.54, 1.807) is 0 Å². The molecule has 1 atom stereocenters. The predicted molar refractivity (Wildman–Crippen MR) is 79.0 cm³/mol. The van der Waals surface area contributed by atoms with Crippen LogP contribution in [0.5, 0.6) is 0 Å². The maximum atomic E-state index is 5.96. The molecule has 2 saturated heterocycles. The van der Waals surface area contributed by atoms with Crippen molar-refractivity contribution in [2.24, 2.45) is 0 Å². The average molecular weight is 292 g/mol. The van der Waals surface area contributed by atoms with Gasteiger partial charge in [-0.15, -0.1) is 0 Å². The molecule has 2 fully saturated rings. The summed E-state index contributed by atoms with van der Waals surface area (Å²) in [6.45, 7) is 5.95. The molecular weight excluding hydrogens is 268 g/mol. The van der Waals surface area contributed by atoms with Gasteiger partial charge in [-0.25, -0.2) is 0 Å². The van der Waals surface area contributed by atoms with Gasteiger partial charge in [-0.05, 0) is 25.0 Å². The van der Waals surface area contributed by atoms with Gasteiger partial charge in [0.1, 0.15) is 0 Å². The van der Waals surface area contributed by atoms with Crippen molar-refractivity contribution in [3.8, 4) is 0 Å². The molecule has 0 radical (unpaired) electrons. The number of nitrogens with zero attached hydrogens (tertiary/aromatic N) is 2. The second-order valence-corrected chi connectivity index (χ2v) is 5.70. The summed E-state index contributed by atoms with van der Waals surface area (Å²) in [6, 6.07) is 5.94. The van der Waals surface area contributed by atoms with E-state index in [2.05, 4.69) is 9.88 Å². The lowest BCUT2D eigenvalue weighted by molar-refractivity contribution is -0.102. The molecule has 0 bridgehead atoms. The molecule has 21 heavy (non-hydrogen) atoms. The minimum Gasteiger partial charge on any atom is -0.376 e. The number of hydrogen-bond acceptors (Lipinski definition) is 5. The van der Waals surface area contributed by atoms with Crippen molar-refractivity contribution in [2.45, 2.75) is 31.7 Å². The van der Waals surface area contributed by atoms with E-state index < -0.39 is 0 Å². The van der Waals surface area contributed by atoms with E-state index in [-0.39, 0.29) is 6.10 Å². The number of ether oxygens (including phenoxy) is 3. The standard InChI is InChI=1S/C16H24N2O3/c1-2-6-17-14(3-1)12-21-15-4-7-18(8-5-15)11-16-13-19-9-10-20-16/h1-3,6,15-16H,4-5,7-13H2. The minimum absolute atomic E-state index is 0.240. The second kappa shape index (κ2) is 7.84. The Kier molecular flexibility index (Phi) is 5.57. The van der Waals surface area contributed by atoms with Crippen molar-refractivity contribution < 1.29 is 14.2 Å². The number of aromatic nitrogens is 1. The molecule has 1 aromatic heterocycles. The van der Waals surface area contributed by atoms with Gasteiger partial charge in [0.25, 0.3) is 0 Å². The maximum absolute atomic E-state index is 5.96. The van der Waals surface area contributed by atoms with E-state index in [1.807, 2.05) is 24.4 Å². The molecule has 3 rings (SSSR count). The van der Waals surface area contributed by atoms with Crippen molar-refractivity contribution >= 4 is 0 Å². The van der Waals surface area contributed by atoms with Gasteiger partial charge < -0.3 is 19.1 Å². The fourth-order valence-corrected chi connectivity index (χ4v) is 2.88. The Hall–Kier alpha value is -1.01. The van der Waals surface area contributed by atoms with Gasteiger partial charge in [-0.1, -0.05) is 6.07 Å². The third-order valence-electron chi connectivity index (χ3n) is 4.07. The fourth-order valence-electron chi connectivity index (χ4n) is 2.88. The number of pyridine rings is 1. The van der Waals surface area contributed by atoms with Gasteiger partial charge in [0, 0.05) is 25.8 Å². The second-order valence-electron chi connectivity index (χ2n) is 5.70. The van der Waals surface area contributed by atoms with E-state index in [0.717, 1.165) is 58.0 Å². The van der Waals surface area contributed by atoms with Crippen LogP contribution in [0.1, 0.15) is 18.5 Å². The largest absolute Gasteiger partial charge is 0.376 e. The number of piperidine rings is 1. The molecule has 0 saturated carbocycles. The van der Waals surface area contributed by atoms with Gasteiger partial charge in [0.15, 0.2) is 0 Å². The van der Waals surface area contributed by atoms with E-state index in [1.165, 1.54) is 0 Å². The Morgan fingerprint density at radius 1 is 1.24 bits per heavy atom. The van der Waals surface area contributed by atoms with Crippen LogP contribution in [-0.2, 0) is 20.8 Å². The van der Waals surface area contributed by atoms with Gasteiger partial charge in [0.2, 0.25) is 0 Å². The van der Waals surface area contributed by atoms with Crippen LogP contribution in [0, 0.1) is 0 Å². The van der Waals surface area contributed by atoms with Gasteiger partial charge in [0.05, 0.1) is 44.3 Å². The molecule has 0 spiro atoms. The molecule has 0 N–H and O–H groups in total. The Bertz CT molecular complexity index is 401. The quantitative estimate of drug-likeness (QED) is 0.822. The third-order valence-corrected chi connectivity index (χ3v) is 4.07. The molecule has 0 amide bonds. The highest BCUT2D eigenvalue weighted by Gasteiger charge is 2.23. The Morgan fingerprint density at radius 2 is 2.14 bits per heavy atom. The highest BCUT2D eigenvalue weighted by atomic mass is 16.6. The lowest BCUT2D eigenvalue weighted by Crippen LogP contribution is -2.44. The summed E-state index contributed by atoms with van der Waals surface area (Å²) in [7, 11) is 0. The Balaban J connectivity index is 1.35. The Morgan fingerprint density at radius 3 is 2.86 bits per heavy atom. The minimum atomic E-state index is 0.240. The predicted octanol–water partition coefficient (Wildman–Crippen LogP) is 1.48. The zero-order valence-corrected chi connectivity index (χ0v) is 12.4.